The molecule has 15 heavy (non-hydrogen) atoms. The van der Waals surface area contributed by atoms with Crippen molar-refractivity contribution in [1.29, 1.82) is 0 Å². The molecule has 0 aliphatic heterocycles. The van der Waals surface area contributed by atoms with Gasteiger partial charge in [-0.15, -0.1) is 0 Å². The van der Waals surface area contributed by atoms with Crippen LogP contribution in [0.15, 0.2) is 36.4 Å². The summed E-state index contributed by atoms with van der Waals surface area (Å²) in [6.07, 6.45) is 0. The maximum atomic E-state index is 11.7. The van der Waals surface area contributed by atoms with Crippen molar-refractivity contribution in [2.24, 2.45) is 0 Å². The van der Waals surface area contributed by atoms with Gasteiger partial charge in [0.15, 0.2) is 0 Å². The molecule has 2 aromatic carbocycles. The lowest BCUT2D eigenvalue weighted by Gasteiger charge is -2.02. The summed E-state index contributed by atoms with van der Waals surface area (Å²) >= 11 is 0. The highest BCUT2D eigenvalue weighted by molar-refractivity contribution is 5.97. The Hall–Kier alpha value is -2.10. The minimum Gasteiger partial charge on any atom is -0.507 e. The lowest BCUT2D eigenvalue weighted by Crippen LogP contribution is -1.98. The average Bonchev–Trinajstić information content (AvgIpc) is 2.28. The third-order valence-corrected chi connectivity index (χ3v) is 2.15. The molecule has 0 aliphatic carbocycles. The smallest absolute Gasteiger partial charge is 0.379 e. The van der Waals surface area contributed by atoms with Crippen molar-refractivity contribution in [3.63, 3.8) is 0 Å². The van der Waals surface area contributed by atoms with Crippen LogP contribution in [-0.2, 0) is 4.94 Å². The van der Waals surface area contributed by atoms with E-state index in [0.717, 1.165) is 0 Å². The normalized spacial score (nSPS) is 10.2. The Morgan fingerprint density at radius 3 is 2.73 bits per heavy atom. The molecule has 0 unspecified atom stereocenters. The summed E-state index contributed by atoms with van der Waals surface area (Å²) in [5.74, 6) is -1.19. The summed E-state index contributed by atoms with van der Waals surface area (Å²) in [6.45, 7) is 0. The van der Waals surface area contributed by atoms with Gasteiger partial charge in [-0.1, -0.05) is 24.3 Å². The molecule has 2 aromatic rings. The molecule has 0 aromatic heterocycles. The molecule has 0 saturated heterocycles. The first-order valence-electron chi connectivity index (χ1n) is 4.27. The molecule has 0 bridgehead atoms. The number of hydrogen-bond donors (Lipinski definition) is 1. The third kappa shape index (κ3) is 1.61. The molecule has 0 radical (unpaired) electrons. The second-order valence-corrected chi connectivity index (χ2v) is 3.08. The minimum absolute atomic E-state index is 0.0197. The van der Waals surface area contributed by atoms with Crippen LogP contribution in [0, 0.1) is 0 Å². The molecule has 0 spiro atoms. The Morgan fingerprint density at radius 1 is 1.27 bits per heavy atom. The second-order valence-electron chi connectivity index (χ2n) is 3.08. The number of halogens is 1. The van der Waals surface area contributed by atoms with Gasteiger partial charge in [0.2, 0.25) is 0 Å². The molecule has 0 heterocycles. The number of carbonyl (C=O) groups is 1. The van der Waals surface area contributed by atoms with E-state index < -0.39 is 5.97 Å². The van der Waals surface area contributed by atoms with Crippen molar-refractivity contribution in [2.45, 2.75) is 0 Å². The zero-order chi connectivity index (χ0) is 10.8. The standard InChI is InChI=1S/C11H7FO3/c12-15-11(14)8-5-7-3-1-2-4-9(7)10(13)6-8/h1-6,13H. The van der Waals surface area contributed by atoms with E-state index in [-0.39, 0.29) is 11.3 Å². The number of carbonyl (C=O) groups excluding carboxylic acids is 1. The SMILES string of the molecule is O=C(OF)c1cc(O)c2ccccc2c1. The summed E-state index contributed by atoms with van der Waals surface area (Å²) in [6, 6.07) is 9.56. The molecule has 4 heteroatoms. The van der Waals surface area contributed by atoms with Crippen molar-refractivity contribution in [1.82, 2.24) is 0 Å². The number of hydrogen-bond acceptors (Lipinski definition) is 3. The predicted octanol–water partition coefficient (Wildman–Crippen LogP) is 2.59. The Kier molecular flexibility index (Phi) is 2.25. The van der Waals surface area contributed by atoms with Crippen LogP contribution in [-0.4, -0.2) is 11.1 Å². The van der Waals surface area contributed by atoms with Crippen LogP contribution in [0.5, 0.6) is 5.75 Å². The molecule has 0 saturated carbocycles. The summed E-state index contributed by atoms with van der Waals surface area (Å²) in [5, 5.41) is 10.8. The van der Waals surface area contributed by atoms with Crippen molar-refractivity contribution >= 4 is 16.7 Å². The van der Waals surface area contributed by atoms with Gasteiger partial charge in [0.1, 0.15) is 5.75 Å². The molecular formula is C11H7FO3. The quantitative estimate of drug-likeness (QED) is 0.779. The van der Waals surface area contributed by atoms with Gasteiger partial charge in [0.05, 0.1) is 5.56 Å². The highest BCUT2D eigenvalue weighted by atomic mass is 19.3. The van der Waals surface area contributed by atoms with Crippen molar-refractivity contribution < 1.29 is 19.4 Å². The Bertz CT molecular complexity index is 522. The Balaban J connectivity index is 2.67. The van der Waals surface area contributed by atoms with Crippen LogP contribution in [0.1, 0.15) is 10.4 Å². The Morgan fingerprint density at radius 2 is 2.00 bits per heavy atom. The van der Waals surface area contributed by atoms with Gasteiger partial charge >= 0.3 is 5.97 Å². The zero-order valence-electron chi connectivity index (χ0n) is 7.61. The van der Waals surface area contributed by atoms with E-state index in [9.17, 15) is 14.4 Å². The summed E-state index contributed by atoms with van der Waals surface area (Å²) < 4.78 is 11.7. The van der Waals surface area contributed by atoms with Gasteiger partial charge in [0, 0.05) is 9.91 Å². The monoisotopic (exact) mass is 206 g/mol. The molecule has 1 N–H and O–H groups in total. The lowest BCUT2D eigenvalue weighted by molar-refractivity contribution is -0.0788. The van der Waals surface area contributed by atoms with E-state index in [1.54, 1.807) is 24.3 Å². The first-order chi connectivity index (χ1) is 7.22. The fourth-order valence-corrected chi connectivity index (χ4v) is 1.45. The number of phenolic OH excluding ortho intramolecular Hbond substituents is 1. The van der Waals surface area contributed by atoms with Gasteiger partial charge in [-0.2, -0.15) is 0 Å². The van der Waals surface area contributed by atoms with E-state index in [4.69, 9.17) is 0 Å². The van der Waals surface area contributed by atoms with Crippen molar-refractivity contribution in [3.8, 4) is 5.75 Å². The molecular weight excluding hydrogens is 199 g/mol. The van der Waals surface area contributed by atoms with Crippen LogP contribution in [0.2, 0.25) is 0 Å². The first kappa shape index (κ1) is 9.45. The number of fused-ring (bicyclic) bond motifs is 1. The predicted molar refractivity (Wildman–Crippen MR) is 52.1 cm³/mol. The topological polar surface area (TPSA) is 46.5 Å². The largest absolute Gasteiger partial charge is 0.507 e. The summed E-state index contributed by atoms with van der Waals surface area (Å²) in [7, 11) is 0. The number of benzene rings is 2. The fraction of sp³-hybridized carbons (Fsp3) is 0. The molecule has 0 atom stereocenters. The number of rotatable bonds is 1. The lowest BCUT2D eigenvalue weighted by atomic mass is 10.1. The van der Waals surface area contributed by atoms with Crippen molar-refractivity contribution in [2.75, 3.05) is 0 Å². The fourth-order valence-electron chi connectivity index (χ4n) is 1.45. The van der Waals surface area contributed by atoms with E-state index >= 15 is 0 Å². The maximum Gasteiger partial charge on any atom is 0.379 e. The van der Waals surface area contributed by atoms with E-state index in [0.29, 0.717) is 10.8 Å². The molecule has 0 aliphatic rings. The number of aromatic hydroxyl groups is 1. The first-order valence-corrected chi connectivity index (χ1v) is 4.27. The van der Waals surface area contributed by atoms with Crippen LogP contribution in [0.4, 0.5) is 4.53 Å². The zero-order valence-corrected chi connectivity index (χ0v) is 7.61. The molecule has 0 fully saturated rings. The van der Waals surface area contributed by atoms with Crippen LogP contribution < -0.4 is 0 Å². The van der Waals surface area contributed by atoms with E-state index in [1.165, 1.54) is 12.1 Å². The Labute approximate surface area is 84.6 Å². The number of phenols is 1. The van der Waals surface area contributed by atoms with E-state index in [2.05, 4.69) is 4.94 Å². The van der Waals surface area contributed by atoms with Gasteiger partial charge in [-0.3, -0.25) is 0 Å². The summed E-state index contributed by atoms with van der Waals surface area (Å²) in [5.41, 5.74) is -0.0197. The highest BCUT2D eigenvalue weighted by Gasteiger charge is 2.11. The van der Waals surface area contributed by atoms with Gasteiger partial charge in [-0.25, -0.2) is 9.74 Å². The van der Waals surface area contributed by atoms with Gasteiger partial charge in [0.25, 0.3) is 0 Å². The second kappa shape index (κ2) is 3.57. The molecule has 2 rings (SSSR count). The van der Waals surface area contributed by atoms with E-state index in [1.807, 2.05) is 0 Å². The molecule has 3 nitrogen and oxygen atoms in total. The van der Waals surface area contributed by atoms with Crippen LogP contribution in [0.3, 0.4) is 0 Å². The summed E-state index contributed by atoms with van der Waals surface area (Å²) in [4.78, 5) is 14.0. The molecule has 0 amide bonds. The third-order valence-electron chi connectivity index (χ3n) is 2.15. The maximum absolute atomic E-state index is 11.7. The highest BCUT2D eigenvalue weighted by Crippen LogP contribution is 2.26. The van der Waals surface area contributed by atoms with Gasteiger partial charge in [-0.05, 0) is 17.5 Å². The van der Waals surface area contributed by atoms with Gasteiger partial charge < -0.3 is 5.11 Å². The minimum atomic E-state index is -1.11. The van der Waals surface area contributed by atoms with Crippen LogP contribution in [0.25, 0.3) is 10.8 Å². The molecule has 76 valence electrons. The van der Waals surface area contributed by atoms with Crippen LogP contribution >= 0.6 is 0 Å². The average molecular weight is 206 g/mol. The van der Waals surface area contributed by atoms with Crippen molar-refractivity contribution in [3.05, 3.63) is 42.0 Å².